The third-order valence-electron chi connectivity index (χ3n) is 8.57. The maximum absolute atomic E-state index is 14.1. The number of oxime groups is 1. The van der Waals surface area contributed by atoms with E-state index in [1.165, 1.54) is 11.0 Å². The number of amides is 2. The van der Waals surface area contributed by atoms with Crippen LogP contribution in [0.1, 0.15) is 103 Å². The molecule has 300 valence electrons. The summed E-state index contributed by atoms with van der Waals surface area (Å²) < 4.78 is 108. The number of halogens is 7. The number of likely N-dealkylation sites (tertiary alicyclic amines) is 2. The molecule has 10 nitrogen and oxygen atoms in total. The molecule has 2 saturated heterocycles. The summed E-state index contributed by atoms with van der Waals surface area (Å²) in [7, 11) is 0. The van der Waals surface area contributed by atoms with Crippen LogP contribution in [-0.2, 0) is 21.8 Å². The largest absolute Gasteiger partial charge is 0.444 e. The van der Waals surface area contributed by atoms with E-state index in [-0.39, 0.29) is 43.8 Å². The maximum atomic E-state index is 14.1. The molecular formula is C37H47F7N4O6. The highest BCUT2D eigenvalue weighted by Crippen LogP contribution is 2.37. The van der Waals surface area contributed by atoms with Crippen LogP contribution in [0.2, 0.25) is 0 Å². The first-order valence-electron chi connectivity index (χ1n) is 17.0. The van der Waals surface area contributed by atoms with Gasteiger partial charge in [0.1, 0.15) is 17.0 Å². The first-order valence-corrected chi connectivity index (χ1v) is 17.0. The molecular weight excluding hydrogens is 729 g/mol. The Labute approximate surface area is 309 Å². The number of piperidine rings is 2. The van der Waals surface area contributed by atoms with E-state index in [2.05, 4.69) is 10.3 Å². The molecule has 17 heteroatoms. The van der Waals surface area contributed by atoms with Crippen molar-refractivity contribution in [1.82, 2.24) is 15.0 Å². The zero-order valence-corrected chi connectivity index (χ0v) is 30.2. The number of carbonyl (C=O) groups excluding carboxylic acids is 2. The van der Waals surface area contributed by atoms with Crippen molar-refractivity contribution in [2.24, 2.45) is 11.1 Å². The second-order valence-corrected chi connectivity index (χ2v) is 14.9. The topological polar surface area (TPSA) is 118 Å². The van der Waals surface area contributed by atoms with Crippen molar-refractivity contribution in [3.8, 4) is 0 Å². The molecule has 54 heavy (non-hydrogen) atoms. The number of ether oxygens (including phenoxy) is 2. The molecule has 1 N–H and O–H groups in total. The van der Waals surface area contributed by atoms with Crippen LogP contribution in [-0.4, -0.2) is 75.4 Å². The van der Waals surface area contributed by atoms with Gasteiger partial charge in [-0.15, -0.1) is 0 Å². The van der Waals surface area contributed by atoms with Crippen LogP contribution >= 0.6 is 0 Å². The van der Waals surface area contributed by atoms with Gasteiger partial charge in [0.15, 0.2) is 5.58 Å². The summed E-state index contributed by atoms with van der Waals surface area (Å²) in [6.07, 6.45) is -8.10. The van der Waals surface area contributed by atoms with Gasteiger partial charge in [-0.25, -0.2) is 14.0 Å². The van der Waals surface area contributed by atoms with Gasteiger partial charge < -0.3 is 29.0 Å². The molecule has 2 aliphatic heterocycles. The van der Waals surface area contributed by atoms with Gasteiger partial charge in [-0.3, -0.25) is 0 Å². The fraction of sp³-hybridized carbons (Fsp3) is 0.568. The van der Waals surface area contributed by atoms with Gasteiger partial charge in [0.2, 0.25) is 0 Å². The van der Waals surface area contributed by atoms with E-state index in [1.54, 1.807) is 46.4 Å². The Hall–Kier alpha value is -4.57. The molecule has 2 aliphatic rings. The average molecular weight is 777 g/mol. The molecule has 2 amide bonds. The van der Waals surface area contributed by atoms with E-state index in [1.807, 2.05) is 0 Å². The van der Waals surface area contributed by atoms with E-state index in [0.29, 0.717) is 73.6 Å². The van der Waals surface area contributed by atoms with Crippen LogP contribution in [0.4, 0.5) is 40.3 Å². The lowest BCUT2D eigenvalue weighted by molar-refractivity contribution is -0.138. The molecule has 2 aromatic carbocycles. The molecule has 3 aromatic rings. The number of nitrogens with zero attached hydrogens (tertiary/aromatic N) is 4. The van der Waals surface area contributed by atoms with E-state index >= 15 is 0 Å². The van der Waals surface area contributed by atoms with Crippen molar-refractivity contribution in [2.75, 3.05) is 26.2 Å². The Kier molecular flexibility index (Phi) is 13.7. The van der Waals surface area contributed by atoms with E-state index in [0.717, 1.165) is 12.1 Å². The fourth-order valence-electron chi connectivity index (χ4n) is 6.01. The monoisotopic (exact) mass is 776 g/mol. The first kappa shape index (κ1) is 43.8. The van der Waals surface area contributed by atoms with Gasteiger partial charge in [-0.05, 0) is 104 Å². The lowest BCUT2D eigenvalue weighted by atomic mass is 9.87. The fourth-order valence-corrected chi connectivity index (χ4v) is 6.01. The lowest BCUT2D eigenvalue weighted by Crippen LogP contribution is -2.43. The number of hydrogen-bond donors (Lipinski definition) is 1. The van der Waals surface area contributed by atoms with Gasteiger partial charge in [0.05, 0.1) is 22.5 Å². The highest BCUT2D eigenvalue weighted by atomic mass is 19.4. The van der Waals surface area contributed by atoms with Crippen LogP contribution in [0.3, 0.4) is 0 Å². The SMILES string of the molecule is C.CC(C)(C)OC(=O)N1CCC(/C(=N\O)c2cc(C(F)(F)F)ccc2F)CC1.CC(C)(C)OC(=O)N1CCC(c2noc3ccc(C(F)(F)F)cc23)CC1. The predicted octanol–water partition coefficient (Wildman–Crippen LogP) is 10.3. The van der Waals surface area contributed by atoms with Crippen LogP contribution in [0.5, 0.6) is 0 Å². The Bertz CT molecular complexity index is 1780. The summed E-state index contributed by atoms with van der Waals surface area (Å²) in [5, 5.41) is 16.8. The van der Waals surface area contributed by atoms with Crippen LogP contribution < -0.4 is 0 Å². The smallest absolute Gasteiger partial charge is 0.416 e. The molecule has 0 bridgehead atoms. The molecule has 5 rings (SSSR count). The number of benzene rings is 2. The van der Waals surface area contributed by atoms with Crippen molar-refractivity contribution < 1.29 is 59.5 Å². The number of alkyl halides is 6. The first-order chi connectivity index (χ1) is 24.5. The van der Waals surface area contributed by atoms with Gasteiger partial charge in [-0.1, -0.05) is 17.7 Å². The van der Waals surface area contributed by atoms with Gasteiger partial charge in [-0.2, -0.15) is 26.3 Å². The van der Waals surface area contributed by atoms with Crippen molar-refractivity contribution in [1.29, 1.82) is 0 Å². The Morgan fingerprint density at radius 2 is 1.24 bits per heavy atom. The second kappa shape index (κ2) is 16.8. The standard InChI is InChI=1S/C18H22F4N2O3.C18H21F3N2O3.CH4/c1-17(2,3)27-16(25)24-8-6-11(7-9-24)15(23-26)13-10-12(18(20,21)22)4-5-14(13)19;1-17(2,3)25-16(24)23-8-6-11(7-9-23)15-13-10-12(18(19,20)21)4-5-14(13)26-22-15;/h4-5,10-11,26H,6-9H2,1-3H3;4-5,10-11H,6-9H2,1-3H3;1H4/b23-15+;;. The van der Waals surface area contributed by atoms with Crippen molar-refractivity contribution in [3.63, 3.8) is 0 Å². The van der Waals surface area contributed by atoms with Gasteiger partial charge >= 0.3 is 24.5 Å². The Morgan fingerprint density at radius 3 is 1.70 bits per heavy atom. The molecule has 3 heterocycles. The second-order valence-electron chi connectivity index (χ2n) is 14.9. The molecule has 0 spiro atoms. The van der Waals surface area contributed by atoms with Crippen molar-refractivity contribution >= 4 is 28.9 Å². The van der Waals surface area contributed by atoms with Crippen LogP contribution in [0.15, 0.2) is 46.1 Å². The maximum Gasteiger partial charge on any atom is 0.416 e. The van der Waals surface area contributed by atoms with E-state index < -0.39 is 52.5 Å². The summed E-state index contributed by atoms with van der Waals surface area (Å²) >= 11 is 0. The summed E-state index contributed by atoms with van der Waals surface area (Å²) in [6, 6.07) is 5.36. The molecule has 2 fully saturated rings. The minimum atomic E-state index is -4.64. The molecule has 0 unspecified atom stereocenters. The van der Waals surface area contributed by atoms with E-state index in [9.17, 15) is 45.5 Å². The minimum Gasteiger partial charge on any atom is -0.444 e. The summed E-state index contributed by atoms with van der Waals surface area (Å²) in [4.78, 5) is 27.3. The Morgan fingerprint density at radius 1 is 0.778 bits per heavy atom. The minimum absolute atomic E-state index is 0. The molecule has 1 aromatic heterocycles. The predicted molar refractivity (Wildman–Crippen MR) is 186 cm³/mol. The van der Waals surface area contributed by atoms with Gasteiger partial charge in [0, 0.05) is 49.0 Å². The van der Waals surface area contributed by atoms with Crippen LogP contribution in [0.25, 0.3) is 11.0 Å². The third-order valence-corrected chi connectivity index (χ3v) is 8.57. The quantitative estimate of drug-likeness (QED) is 0.122. The molecule has 0 saturated carbocycles. The number of fused-ring (bicyclic) bond motifs is 1. The normalized spacial score (nSPS) is 16.7. The summed E-state index contributed by atoms with van der Waals surface area (Å²) in [5.41, 5.74) is -2.63. The van der Waals surface area contributed by atoms with Crippen molar-refractivity contribution in [3.05, 3.63) is 64.6 Å². The number of aromatic nitrogens is 1. The van der Waals surface area contributed by atoms with Crippen molar-refractivity contribution in [2.45, 2.75) is 104 Å². The highest BCUT2D eigenvalue weighted by Gasteiger charge is 2.36. The van der Waals surface area contributed by atoms with Crippen LogP contribution in [0, 0.1) is 11.7 Å². The molecule has 0 atom stereocenters. The average Bonchev–Trinajstić information content (AvgIpc) is 3.48. The number of rotatable bonds is 3. The Balaban J connectivity index is 0.000000285. The molecule has 0 aliphatic carbocycles. The summed E-state index contributed by atoms with van der Waals surface area (Å²) in [5.74, 6) is -1.43. The summed E-state index contributed by atoms with van der Waals surface area (Å²) in [6.45, 7) is 12.1. The highest BCUT2D eigenvalue weighted by molar-refractivity contribution is 6.02. The number of carbonyl (C=O) groups is 2. The van der Waals surface area contributed by atoms with Gasteiger partial charge in [0.25, 0.3) is 0 Å². The molecule has 0 radical (unpaired) electrons. The van der Waals surface area contributed by atoms with E-state index in [4.69, 9.17) is 14.0 Å². The lowest BCUT2D eigenvalue weighted by Gasteiger charge is -2.33. The third kappa shape index (κ3) is 11.5. The zero-order chi connectivity index (χ0) is 39.5. The number of hydrogen-bond acceptors (Lipinski definition) is 8. The zero-order valence-electron chi connectivity index (χ0n) is 30.2.